The Morgan fingerprint density at radius 3 is 2.48 bits per heavy atom. The maximum atomic E-state index is 12.3. The van der Waals surface area contributed by atoms with E-state index < -0.39 is 0 Å². The van der Waals surface area contributed by atoms with E-state index in [1.165, 1.54) is 19.3 Å². The van der Waals surface area contributed by atoms with E-state index in [1.807, 2.05) is 32.8 Å². The quantitative estimate of drug-likeness (QED) is 0.873. The molecule has 2 rings (SSSR count). The highest BCUT2D eigenvalue weighted by Gasteiger charge is 2.20. The average Bonchev–Trinajstić information content (AvgIpc) is 2.57. The van der Waals surface area contributed by atoms with Gasteiger partial charge >= 0.3 is 0 Å². The van der Waals surface area contributed by atoms with Crippen LogP contribution in [0.1, 0.15) is 46.0 Å². The van der Waals surface area contributed by atoms with Gasteiger partial charge in [-0.25, -0.2) is 4.98 Å². The van der Waals surface area contributed by atoms with E-state index >= 15 is 0 Å². The molecule has 128 valence electrons. The van der Waals surface area contributed by atoms with Crippen molar-refractivity contribution in [1.29, 1.82) is 0 Å². The van der Waals surface area contributed by atoms with Crippen LogP contribution in [0.3, 0.4) is 0 Å². The van der Waals surface area contributed by atoms with E-state index in [9.17, 15) is 4.79 Å². The van der Waals surface area contributed by atoms with E-state index in [1.54, 1.807) is 6.20 Å². The first kappa shape index (κ1) is 17.5. The zero-order valence-corrected chi connectivity index (χ0v) is 14.8. The molecule has 2 heterocycles. The van der Waals surface area contributed by atoms with Gasteiger partial charge in [0.05, 0.1) is 6.20 Å². The van der Waals surface area contributed by atoms with E-state index in [0.717, 1.165) is 37.7 Å². The lowest BCUT2D eigenvalue weighted by Crippen LogP contribution is -2.32. The maximum absolute atomic E-state index is 12.3. The zero-order chi connectivity index (χ0) is 16.8. The minimum Gasteiger partial charge on any atom is -0.361 e. The monoisotopic (exact) mass is 319 g/mol. The van der Waals surface area contributed by atoms with Crippen molar-refractivity contribution < 1.29 is 4.79 Å². The molecule has 1 fully saturated rings. The third-order valence-electron chi connectivity index (χ3n) is 4.43. The molecule has 1 saturated heterocycles. The van der Waals surface area contributed by atoms with Gasteiger partial charge in [0.15, 0.2) is 5.82 Å². The minimum absolute atomic E-state index is 0.0341. The molecular formula is C17H29N5O. The third-order valence-corrected chi connectivity index (χ3v) is 4.43. The molecule has 1 amide bonds. The van der Waals surface area contributed by atoms with Crippen LogP contribution in [0.25, 0.3) is 0 Å². The van der Waals surface area contributed by atoms with Crippen molar-refractivity contribution in [2.75, 3.05) is 42.3 Å². The zero-order valence-electron chi connectivity index (χ0n) is 14.8. The predicted octanol–water partition coefficient (Wildman–Crippen LogP) is 2.91. The molecule has 1 aliphatic heterocycles. The number of aromatic nitrogens is 2. The van der Waals surface area contributed by atoms with Crippen LogP contribution in [0, 0.1) is 5.92 Å². The molecule has 0 spiro atoms. The van der Waals surface area contributed by atoms with Crippen molar-refractivity contribution in [2.24, 2.45) is 5.92 Å². The number of amides is 1. The van der Waals surface area contributed by atoms with Crippen molar-refractivity contribution in [3.05, 3.63) is 6.20 Å². The normalized spacial score (nSPS) is 14.9. The van der Waals surface area contributed by atoms with Gasteiger partial charge in [-0.05, 0) is 32.1 Å². The number of anilines is 3. The molecule has 0 aliphatic carbocycles. The molecule has 0 aromatic carbocycles. The fraction of sp³-hybridized carbons (Fsp3) is 0.706. The van der Waals surface area contributed by atoms with Gasteiger partial charge in [-0.15, -0.1) is 0 Å². The number of hydrogen-bond donors (Lipinski definition) is 1. The highest BCUT2D eigenvalue weighted by molar-refractivity contribution is 5.95. The summed E-state index contributed by atoms with van der Waals surface area (Å²) < 4.78 is 0. The van der Waals surface area contributed by atoms with Crippen LogP contribution in [0.15, 0.2) is 6.20 Å². The topological polar surface area (TPSA) is 61.4 Å². The summed E-state index contributed by atoms with van der Waals surface area (Å²) in [5.74, 6) is 1.60. The van der Waals surface area contributed by atoms with E-state index in [4.69, 9.17) is 0 Å². The van der Waals surface area contributed by atoms with Crippen LogP contribution in [-0.4, -0.2) is 43.1 Å². The van der Waals surface area contributed by atoms with Gasteiger partial charge in [-0.3, -0.25) is 4.79 Å². The minimum atomic E-state index is 0.0341. The fourth-order valence-electron chi connectivity index (χ4n) is 2.93. The molecule has 6 nitrogen and oxygen atoms in total. The molecule has 1 aliphatic rings. The molecule has 1 aromatic heterocycles. The Labute approximate surface area is 139 Å². The van der Waals surface area contributed by atoms with Gasteiger partial charge in [0.2, 0.25) is 11.9 Å². The molecule has 1 N–H and O–H groups in total. The third kappa shape index (κ3) is 4.33. The van der Waals surface area contributed by atoms with Crippen molar-refractivity contribution in [2.45, 2.75) is 46.0 Å². The Hall–Kier alpha value is -1.85. The van der Waals surface area contributed by atoms with Crippen LogP contribution in [0.2, 0.25) is 0 Å². The molecule has 23 heavy (non-hydrogen) atoms. The molecule has 0 saturated carbocycles. The smallest absolute Gasteiger partial charge is 0.227 e. The number of hydrogen-bond acceptors (Lipinski definition) is 5. The Bertz CT molecular complexity index is 522. The van der Waals surface area contributed by atoms with Crippen LogP contribution < -0.4 is 15.1 Å². The van der Waals surface area contributed by atoms with E-state index in [-0.39, 0.29) is 11.8 Å². The lowest BCUT2D eigenvalue weighted by Gasteiger charge is -2.28. The standard InChI is InChI=1S/C17H29N5O/c1-5-13(6-2)16(23)19-14-12-18-17(20-15(14)21(3)4)22-10-8-7-9-11-22/h12-13H,5-11H2,1-4H3,(H,19,23). The first-order chi connectivity index (χ1) is 11.1. The summed E-state index contributed by atoms with van der Waals surface area (Å²) in [5, 5.41) is 3.00. The summed E-state index contributed by atoms with van der Waals surface area (Å²) in [7, 11) is 3.88. The molecule has 0 bridgehead atoms. The van der Waals surface area contributed by atoms with Crippen molar-refractivity contribution in [3.63, 3.8) is 0 Å². The van der Waals surface area contributed by atoms with Gasteiger partial charge in [0, 0.05) is 33.1 Å². The summed E-state index contributed by atoms with van der Waals surface area (Å²) in [5.41, 5.74) is 0.688. The summed E-state index contributed by atoms with van der Waals surface area (Å²) in [4.78, 5) is 25.7. The highest BCUT2D eigenvalue weighted by atomic mass is 16.1. The Morgan fingerprint density at radius 1 is 1.26 bits per heavy atom. The first-order valence-electron chi connectivity index (χ1n) is 8.67. The largest absolute Gasteiger partial charge is 0.361 e. The van der Waals surface area contributed by atoms with Crippen molar-refractivity contribution in [1.82, 2.24) is 9.97 Å². The lowest BCUT2D eigenvalue weighted by molar-refractivity contribution is -0.120. The van der Waals surface area contributed by atoms with Gasteiger partial charge in [-0.1, -0.05) is 13.8 Å². The number of piperidine rings is 1. The Kier molecular flexibility index (Phi) is 6.19. The first-order valence-corrected chi connectivity index (χ1v) is 8.67. The second kappa shape index (κ2) is 8.13. The van der Waals surface area contributed by atoms with E-state index in [0.29, 0.717) is 5.69 Å². The number of nitrogens with zero attached hydrogens (tertiary/aromatic N) is 4. The Balaban J connectivity index is 2.20. The summed E-state index contributed by atoms with van der Waals surface area (Å²) >= 11 is 0. The summed E-state index contributed by atoms with van der Waals surface area (Å²) in [6, 6.07) is 0. The highest BCUT2D eigenvalue weighted by Crippen LogP contribution is 2.26. The van der Waals surface area contributed by atoms with Crippen molar-refractivity contribution >= 4 is 23.4 Å². The average molecular weight is 319 g/mol. The summed E-state index contributed by atoms with van der Waals surface area (Å²) in [6.07, 6.45) is 7.08. The number of carbonyl (C=O) groups excluding carboxylic acids is 1. The Morgan fingerprint density at radius 2 is 1.91 bits per heavy atom. The predicted molar refractivity (Wildman–Crippen MR) is 95.1 cm³/mol. The number of carbonyl (C=O) groups is 1. The SMILES string of the molecule is CCC(CC)C(=O)Nc1cnc(N2CCCCC2)nc1N(C)C. The number of nitrogens with one attached hydrogen (secondary N) is 1. The molecular weight excluding hydrogens is 290 g/mol. The van der Waals surface area contributed by atoms with Gasteiger partial charge < -0.3 is 15.1 Å². The second-order valence-corrected chi connectivity index (χ2v) is 6.35. The van der Waals surface area contributed by atoms with Gasteiger partial charge in [0.25, 0.3) is 0 Å². The lowest BCUT2D eigenvalue weighted by atomic mass is 10.0. The molecule has 0 unspecified atom stereocenters. The maximum Gasteiger partial charge on any atom is 0.227 e. The van der Waals surface area contributed by atoms with Crippen LogP contribution in [0.5, 0.6) is 0 Å². The molecule has 1 aromatic rings. The van der Waals surface area contributed by atoms with Gasteiger partial charge in [0.1, 0.15) is 5.69 Å². The van der Waals surface area contributed by atoms with Crippen LogP contribution in [-0.2, 0) is 4.79 Å². The number of rotatable bonds is 6. The molecule has 6 heteroatoms. The molecule has 0 radical (unpaired) electrons. The molecule has 0 atom stereocenters. The fourth-order valence-corrected chi connectivity index (χ4v) is 2.93. The van der Waals surface area contributed by atoms with Crippen LogP contribution >= 0.6 is 0 Å². The van der Waals surface area contributed by atoms with Gasteiger partial charge in [-0.2, -0.15) is 4.98 Å². The van der Waals surface area contributed by atoms with Crippen molar-refractivity contribution in [3.8, 4) is 0 Å². The van der Waals surface area contributed by atoms with Crippen LogP contribution in [0.4, 0.5) is 17.5 Å². The summed E-state index contributed by atoms with van der Waals surface area (Å²) in [6.45, 7) is 6.09. The van der Waals surface area contributed by atoms with E-state index in [2.05, 4.69) is 20.2 Å². The second-order valence-electron chi connectivity index (χ2n) is 6.35.